The standard InChI is InChI=1S/C41H49FN6.C2H6/c1-5-11-36(34-24-31(25-35(42)26-34)12-10-21-48-19-8-9-20-48)39-28(4)44-41(45-39)40-37-27-33(13-14-38(37)46-47-40)32(7-3)23-29(6-2)22-30-15-17-43-18-16-30;1-2/h5-7,11,13-14,23-27,30,43H,1-2,8-10,12,15-22H2,3-4H3,(H,44,45)(H,46,47);1-2H3/b29-23+,32-7+,36-11-;. The van der Waals surface area contributed by atoms with Gasteiger partial charge in [-0.05, 0) is 150 Å². The zero-order valence-corrected chi connectivity index (χ0v) is 30.5. The van der Waals surface area contributed by atoms with Crippen molar-refractivity contribution < 1.29 is 4.39 Å². The summed E-state index contributed by atoms with van der Waals surface area (Å²) in [4.78, 5) is 11.0. The van der Waals surface area contributed by atoms with E-state index in [1.54, 1.807) is 18.2 Å². The predicted octanol–water partition coefficient (Wildman–Crippen LogP) is 9.98. The number of piperidine rings is 1. The minimum atomic E-state index is -0.234. The lowest BCUT2D eigenvalue weighted by atomic mass is 9.89. The molecule has 0 radical (unpaired) electrons. The third-order valence-corrected chi connectivity index (χ3v) is 9.85. The molecule has 6 nitrogen and oxygen atoms in total. The average molecular weight is 675 g/mol. The van der Waals surface area contributed by atoms with Crippen LogP contribution in [0.3, 0.4) is 0 Å². The number of imidazole rings is 1. The molecule has 2 aliphatic rings. The summed E-state index contributed by atoms with van der Waals surface area (Å²) in [6, 6.07) is 11.8. The number of rotatable bonds is 13. The topological polar surface area (TPSA) is 72.6 Å². The van der Waals surface area contributed by atoms with Crippen LogP contribution in [0.5, 0.6) is 0 Å². The van der Waals surface area contributed by atoms with E-state index >= 15 is 4.39 Å². The maximum atomic E-state index is 15.0. The summed E-state index contributed by atoms with van der Waals surface area (Å²) in [5.74, 6) is 1.12. The maximum absolute atomic E-state index is 15.0. The van der Waals surface area contributed by atoms with Gasteiger partial charge in [-0.2, -0.15) is 5.10 Å². The van der Waals surface area contributed by atoms with Crippen molar-refractivity contribution in [2.75, 3.05) is 32.7 Å². The smallest absolute Gasteiger partial charge is 0.159 e. The molecule has 0 bridgehead atoms. The van der Waals surface area contributed by atoms with Gasteiger partial charge in [0.1, 0.15) is 11.5 Å². The van der Waals surface area contributed by atoms with Crippen LogP contribution in [-0.2, 0) is 6.42 Å². The summed E-state index contributed by atoms with van der Waals surface area (Å²) < 4.78 is 15.0. The van der Waals surface area contributed by atoms with E-state index in [9.17, 15) is 0 Å². The number of likely N-dealkylation sites (tertiary alicyclic amines) is 1. The predicted molar refractivity (Wildman–Crippen MR) is 210 cm³/mol. The van der Waals surface area contributed by atoms with Crippen molar-refractivity contribution in [3.05, 3.63) is 119 Å². The molecular weight excluding hydrogens is 620 g/mol. The van der Waals surface area contributed by atoms with Crippen LogP contribution in [0.4, 0.5) is 4.39 Å². The average Bonchev–Trinajstić information content (AvgIpc) is 3.90. The molecule has 0 spiro atoms. The van der Waals surface area contributed by atoms with Crippen LogP contribution in [0, 0.1) is 18.7 Å². The normalized spacial score (nSPS) is 16.5. The van der Waals surface area contributed by atoms with Gasteiger partial charge in [0.05, 0.1) is 11.2 Å². The fraction of sp³-hybridized carbons (Fsp3) is 0.395. The highest BCUT2D eigenvalue weighted by Crippen LogP contribution is 2.33. The van der Waals surface area contributed by atoms with Crippen LogP contribution in [0.25, 0.3) is 33.6 Å². The Balaban J connectivity index is 0.00000239. The first-order valence-electron chi connectivity index (χ1n) is 18.6. The van der Waals surface area contributed by atoms with Gasteiger partial charge in [0.25, 0.3) is 0 Å². The number of H-pyrrole nitrogens is 2. The molecule has 7 heteroatoms. The van der Waals surface area contributed by atoms with Crippen LogP contribution in [-0.4, -0.2) is 57.8 Å². The van der Waals surface area contributed by atoms with Gasteiger partial charge in [-0.15, -0.1) is 0 Å². The van der Waals surface area contributed by atoms with Crippen molar-refractivity contribution in [2.24, 2.45) is 5.92 Å². The van der Waals surface area contributed by atoms with E-state index in [2.05, 4.69) is 76.8 Å². The van der Waals surface area contributed by atoms with Crippen LogP contribution >= 0.6 is 0 Å². The van der Waals surface area contributed by atoms with Gasteiger partial charge in [0, 0.05) is 16.7 Å². The summed E-state index contributed by atoms with van der Waals surface area (Å²) >= 11 is 0. The molecule has 2 saturated heterocycles. The van der Waals surface area contributed by atoms with E-state index in [1.165, 1.54) is 44.3 Å². The van der Waals surface area contributed by atoms with Crippen molar-refractivity contribution >= 4 is 22.0 Å². The molecule has 0 saturated carbocycles. The largest absolute Gasteiger partial charge is 0.340 e. The lowest BCUT2D eigenvalue weighted by molar-refractivity contribution is 0.334. The van der Waals surface area contributed by atoms with Crippen LogP contribution < -0.4 is 5.32 Å². The number of aryl methyl sites for hydroxylation is 2. The number of hydrogen-bond donors (Lipinski definition) is 3. The lowest BCUT2D eigenvalue weighted by Crippen LogP contribution is -2.27. The molecule has 3 N–H and O–H groups in total. The van der Waals surface area contributed by atoms with Crippen LogP contribution in [0.1, 0.15) is 87.4 Å². The second-order valence-corrected chi connectivity index (χ2v) is 13.3. The second-order valence-electron chi connectivity index (χ2n) is 13.3. The number of halogens is 1. The molecule has 0 aliphatic carbocycles. The van der Waals surface area contributed by atoms with Crippen molar-refractivity contribution in [1.82, 2.24) is 30.4 Å². The fourth-order valence-electron chi connectivity index (χ4n) is 7.26. The molecule has 4 aromatic rings. The molecule has 2 aliphatic heterocycles. The lowest BCUT2D eigenvalue weighted by Gasteiger charge is -2.23. The number of benzene rings is 2. The molecule has 2 aromatic carbocycles. The van der Waals surface area contributed by atoms with E-state index in [4.69, 9.17) is 10.1 Å². The molecule has 2 fully saturated rings. The highest BCUT2D eigenvalue weighted by molar-refractivity contribution is 5.95. The molecule has 50 heavy (non-hydrogen) atoms. The minimum Gasteiger partial charge on any atom is -0.340 e. The molecule has 0 atom stereocenters. The Kier molecular flexibility index (Phi) is 13.3. The Labute approximate surface area is 298 Å². The van der Waals surface area contributed by atoms with E-state index in [1.807, 2.05) is 32.9 Å². The highest BCUT2D eigenvalue weighted by Gasteiger charge is 2.20. The van der Waals surface area contributed by atoms with Crippen molar-refractivity contribution in [2.45, 2.75) is 72.6 Å². The summed E-state index contributed by atoms with van der Waals surface area (Å²) in [7, 11) is 0. The zero-order chi connectivity index (χ0) is 35.5. The summed E-state index contributed by atoms with van der Waals surface area (Å²) in [5.41, 5.74) is 9.50. The Bertz CT molecular complexity index is 1840. The molecule has 264 valence electrons. The van der Waals surface area contributed by atoms with Crippen LogP contribution in [0.2, 0.25) is 0 Å². The number of nitrogens with one attached hydrogen (secondary N) is 3. The van der Waals surface area contributed by atoms with Crippen molar-refractivity contribution in [1.29, 1.82) is 0 Å². The van der Waals surface area contributed by atoms with Gasteiger partial charge >= 0.3 is 0 Å². The van der Waals surface area contributed by atoms with Crippen LogP contribution in [0.15, 0.2) is 85.5 Å². The van der Waals surface area contributed by atoms with Gasteiger partial charge in [-0.25, -0.2) is 9.37 Å². The fourth-order valence-corrected chi connectivity index (χ4v) is 7.26. The van der Waals surface area contributed by atoms with E-state index < -0.39 is 0 Å². The summed E-state index contributed by atoms with van der Waals surface area (Å²) in [5, 5.41) is 12.3. The Morgan fingerprint density at radius 1 is 1.04 bits per heavy atom. The van der Waals surface area contributed by atoms with Gasteiger partial charge in [-0.1, -0.05) is 69.5 Å². The first-order chi connectivity index (χ1) is 24.4. The summed E-state index contributed by atoms with van der Waals surface area (Å²) in [6.45, 7) is 21.8. The minimum absolute atomic E-state index is 0.234. The second kappa shape index (κ2) is 18.1. The Morgan fingerprint density at radius 2 is 1.82 bits per heavy atom. The SMILES string of the molecule is C=C/C=C(/c1cc(F)cc(CCCN2CCCC2)c1)c1nc(-c2n[nH]c3ccc(C(/C=C(\C=C)CC4CCNCC4)=C/C)cc23)[nH]c1C.CC. The van der Waals surface area contributed by atoms with Gasteiger partial charge < -0.3 is 15.2 Å². The van der Waals surface area contributed by atoms with Gasteiger partial charge in [0.15, 0.2) is 5.82 Å². The molecule has 4 heterocycles. The van der Waals surface area contributed by atoms with Gasteiger partial charge in [0.2, 0.25) is 0 Å². The van der Waals surface area contributed by atoms with Crippen molar-refractivity contribution in [3.63, 3.8) is 0 Å². The quantitative estimate of drug-likeness (QED) is 0.124. The first kappa shape index (κ1) is 36.9. The Hall–Kier alpha value is -4.33. The number of allylic oxidation sites excluding steroid dienone is 7. The maximum Gasteiger partial charge on any atom is 0.159 e. The van der Waals surface area contributed by atoms with Crippen molar-refractivity contribution in [3.8, 4) is 11.5 Å². The van der Waals surface area contributed by atoms with E-state index in [0.29, 0.717) is 11.7 Å². The first-order valence-corrected chi connectivity index (χ1v) is 18.6. The number of aromatic amines is 2. The molecule has 0 unspecified atom stereocenters. The van der Waals surface area contributed by atoms with Gasteiger partial charge in [-0.3, -0.25) is 5.10 Å². The molecule has 6 rings (SSSR count). The molecule has 2 aromatic heterocycles. The zero-order valence-electron chi connectivity index (χ0n) is 30.5. The third kappa shape index (κ3) is 9.06. The number of aromatic nitrogens is 4. The monoisotopic (exact) mass is 674 g/mol. The van der Waals surface area contributed by atoms with E-state index in [0.717, 1.165) is 94.7 Å². The number of nitrogens with zero attached hydrogens (tertiary/aromatic N) is 3. The molecule has 0 amide bonds. The Morgan fingerprint density at radius 3 is 2.54 bits per heavy atom. The molecular formula is C43H55FN6. The third-order valence-electron chi connectivity index (χ3n) is 9.85. The van der Waals surface area contributed by atoms with E-state index in [-0.39, 0.29) is 5.82 Å². The number of fused-ring (bicyclic) bond motifs is 1. The summed E-state index contributed by atoms with van der Waals surface area (Å²) in [6.07, 6.45) is 18.0. The number of hydrogen-bond acceptors (Lipinski definition) is 4. The highest BCUT2D eigenvalue weighted by atomic mass is 19.1.